The molecule has 3 N–H and O–H groups in total. The molecule has 2 fully saturated rings. The first-order valence-electron chi connectivity index (χ1n) is 12.5. The van der Waals surface area contributed by atoms with Crippen LogP contribution < -0.4 is 16.0 Å². The number of urea groups is 1. The lowest BCUT2D eigenvalue weighted by Gasteiger charge is -2.31. The molecule has 2 saturated carbocycles. The predicted molar refractivity (Wildman–Crippen MR) is 130 cm³/mol. The van der Waals surface area contributed by atoms with Gasteiger partial charge in [0.2, 0.25) is 5.91 Å². The largest absolute Gasteiger partial charge is 0.367 e. The second kappa shape index (κ2) is 9.86. The summed E-state index contributed by atoms with van der Waals surface area (Å²) in [5.41, 5.74) is 4.33. The highest BCUT2D eigenvalue weighted by atomic mass is 16.2. The van der Waals surface area contributed by atoms with Gasteiger partial charge in [0.1, 0.15) is 0 Å². The van der Waals surface area contributed by atoms with Gasteiger partial charge in [0, 0.05) is 36.2 Å². The molecular formula is C27H34N4O2. The molecule has 174 valence electrons. The molecule has 4 aliphatic rings. The molecule has 0 aromatic heterocycles. The number of fused-ring (bicyclic) bond motifs is 1. The highest BCUT2D eigenvalue weighted by Gasteiger charge is 2.27. The quantitative estimate of drug-likeness (QED) is 0.599. The molecule has 6 heteroatoms. The van der Waals surface area contributed by atoms with E-state index < -0.39 is 0 Å². The number of carbonyl (C=O) groups is 2. The summed E-state index contributed by atoms with van der Waals surface area (Å²) in [6.45, 7) is 0.580. The molecule has 1 aromatic carbocycles. The van der Waals surface area contributed by atoms with Crippen LogP contribution in [0.25, 0.3) is 0 Å². The number of allylic oxidation sites excluding steroid dienone is 1. The van der Waals surface area contributed by atoms with Gasteiger partial charge in [-0.1, -0.05) is 31.4 Å². The average Bonchev–Trinajstić information content (AvgIpc) is 3.30. The smallest absolute Gasteiger partial charge is 0.326 e. The van der Waals surface area contributed by atoms with Crippen molar-refractivity contribution in [3.05, 3.63) is 65.7 Å². The molecule has 0 spiro atoms. The highest BCUT2D eigenvalue weighted by molar-refractivity contribution is 5.91. The van der Waals surface area contributed by atoms with Crippen molar-refractivity contribution in [3.63, 3.8) is 0 Å². The molecule has 5 rings (SSSR count). The van der Waals surface area contributed by atoms with Gasteiger partial charge in [-0.05, 0) is 79.4 Å². The minimum absolute atomic E-state index is 0.117. The molecule has 33 heavy (non-hydrogen) atoms. The normalized spacial score (nSPS) is 24.9. The van der Waals surface area contributed by atoms with Crippen LogP contribution in [-0.2, 0) is 4.79 Å². The Morgan fingerprint density at radius 3 is 2.42 bits per heavy atom. The number of benzene rings is 1. The summed E-state index contributed by atoms with van der Waals surface area (Å²) in [5, 5.41) is 9.40. The van der Waals surface area contributed by atoms with Crippen molar-refractivity contribution in [2.45, 2.75) is 69.7 Å². The Bertz CT molecular complexity index is 964. The maximum atomic E-state index is 12.6. The first-order chi connectivity index (χ1) is 16.2. The van der Waals surface area contributed by atoms with Gasteiger partial charge in [0.25, 0.3) is 0 Å². The second-order valence-electron chi connectivity index (χ2n) is 9.83. The Kier molecular flexibility index (Phi) is 6.51. The van der Waals surface area contributed by atoms with E-state index >= 15 is 0 Å². The van der Waals surface area contributed by atoms with E-state index in [2.05, 4.69) is 28.1 Å². The van der Waals surface area contributed by atoms with Gasteiger partial charge in [-0.25, -0.2) is 4.79 Å². The zero-order valence-electron chi connectivity index (χ0n) is 19.2. The van der Waals surface area contributed by atoms with Crippen LogP contribution in [0.15, 0.2) is 60.1 Å². The van der Waals surface area contributed by atoms with Gasteiger partial charge in [0.15, 0.2) is 0 Å². The summed E-state index contributed by atoms with van der Waals surface area (Å²) in [7, 11) is 0. The van der Waals surface area contributed by atoms with Crippen molar-refractivity contribution >= 4 is 17.6 Å². The number of anilines is 1. The first-order valence-corrected chi connectivity index (χ1v) is 12.5. The maximum absolute atomic E-state index is 12.6. The van der Waals surface area contributed by atoms with Crippen LogP contribution in [0.5, 0.6) is 0 Å². The lowest BCUT2D eigenvalue weighted by atomic mass is 9.81. The molecular weight excluding hydrogens is 412 g/mol. The van der Waals surface area contributed by atoms with Gasteiger partial charge >= 0.3 is 6.03 Å². The van der Waals surface area contributed by atoms with E-state index in [-0.39, 0.29) is 17.9 Å². The van der Waals surface area contributed by atoms with E-state index in [1.165, 1.54) is 24.8 Å². The Labute approximate surface area is 196 Å². The number of nitrogens with zero attached hydrogens (tertiary/aromatic N) is 1. The van der Waals surface area contributed by atoms with Crippen molar-refractivity contribution < 1.29 is 9.59 Å². The zero-order chi connectivity index (χ0) is 22.6. The number of amides is 3. The van der Waals surface area contributed by atoms with Gasteiger partial charge in [0.05, 0.1) is 6.54 Å². The molecule has 0 atom stereocenters. The summed E-state index contributed by atoms with van der Waals surface area (Å²) in [6, 6.07) is 8.49. The van der Waals surface area contributed by atoms with Gasteiger partial charge in [-0.2, -0.15) is 0 Å². The van der Waals surface area contributed by atoms with Crippen molar-refractivity contribution in [3.8, 4) is 0 Å². The maximum Gasteiger partial charge on any atom is 0.326 e. The SMILES string of the molecule is O=C(NC1CCC(c2ccc(NC(=O)N3C=C4C=CNC=C4C3)cc2)CC1)C1CCCCC1. The van der Waals surface area contributed by atoms with Crippen molar-refractivity contribution in [2.24, 2.45) is 5.92 Å². The fraction of sp³-hybridized carbons (Fsp3) is 0.481. The summed E-state index contributed by atoms with van der Waals surface area (Å²) >= 11 is 0. The molecule has 3 amide bonds. The standard InChI is InChI=1S/C27H34N4O2/c32-26(21-4-2-1-3-5-21)29-24-10-6-19(7-11-24)20-8-12-25(13-9-20)30-27(33)31-17-22-14-15-28-16-23(22)18-31/h8-9,12-17,19,21,24,28H,1-7,10-11,18H2,(H,29,32)(H,30,33). The molecule has 0 unspecified atom stereocenters. The van der Waals surface area contributed by atoms with Gasteiger partial charge in [-0.3, -0.25) is 9.69 Å². The number of rotatable bonds is 4. The number of hydrogen-bond donors (Lipinski definition) is 3. The van der Waals surface area contributed by atoms with Crippen LogP contribution in [-0.4, -0.2) is 29.4 Å². The second-order valence-corrected chi connectivity index (χ2v) is 9.83. The monoisotopic (exact) mass is 446 g/mol. The van der Waals surface area contributed by atoms with E-state index in [0.29, 0.717) is 18.5 Å². The summed E-state index contributed by atoms with van der Waals surface area (Å²) < 4.78 is 0. The van der Waals surface area contributed by atoms with Crippen LogP contribution >= 0.6 is 0 Å². The van der Waals surface area contributed by atoms with Crippen molar-refractivity contribution in [2.75, 3.05) is 11.9 Å². The highest BCUT2D eigenvalue weighted by Crippen LogP contribution is 2.34. The van der Waals surface area contributed by atoms with Crippen LogP contribution in [0.2, 0.25) is 0 Å². The Morgan fingerprint density at radius 2 is 1.70 bits per heavy atom. The molecule has 0 bridgehead atoms. The fourth-order valence-electron chi connectivity index (χ4n) is 5.56. The number of carbonyl (C=O) groups excluding carboxylic acids is 2. The molecule has 6 nitrogen and oxygen atoms in total. The lowest BCUT2D eigenvalue weighted by Crippen LogP contribution is -2.41. The molecule has 2 aliphatic carbocycles. The van der Waals surface area contributed by atoms with Crippen molar-refractivity contribution in [1.29, 1.82) is 0 Å². The summed E-state index contributed by atoms with van der Waals surface area (Å²) in [4.78, 5) is 26.9. The molecule has 2 aliphatic heterocycles. The average molecular weight is 447 g/mol. The topological polar surface area (TPSA) is 73.5 Å². The molecule has 1 aromatic rings. The van der Waals surface area contributed by atoms with E-state index in [0.717, 1.165) is 55.4 Å². The Balaban J connectivity index is 1.09. The van der Waals surface area contributed by atoms with Crippen LogP contribution in [0.1, 0.15) is 69.3 Å². The van der Waals surface area contributed by atoms with E-state index in [4.69, 9.17) is 0 Å². The lowest BCUT2D eigenvalue weighted by molar-refractivity contribution is -0.126. The van der Waals surface area contributed by atoms with Crippen LogP contribution in [0, 0.1) is 5.92 Å². The minimum Gasteiger partial charge on any atom is -0.367 e. The van der Waals surface area contributed by atoms with E-state index in [1.807, 2.05) is 36.8 Å². The third-order valence-corrected chi connectivity index (χ3v) is 7.57. The fourth-order valence-corrected chi connectivity index (χ4v) is 5.56. The first kappa shape index (κ1) is 21.8. The molecule has 2 heterocycles. The number of dihydropyridines is 1. The minimum atomic E-state index is -0.117. The Morgan fingerprint density at radius 1 is 0.939 bits per heavy atom. The van der Waals surface area contributed by atoms with Crippen LogP contribution in [0.4, 0.5) is 10.5 Å². The number of hydrogen-bond acceptors (Lipinski definition) is 3. The van der Waals surface area contributed by atoms with Crippen LogP contribution in [0.3, 0.4) is 0 Å². The van der Waals surface area contributed by atoms with E-state index in [9.17, 15) is 9.59 Å². The van der Waals surface area contributed by atoms with Gasteiger partial charge in [-0.15, -0.1) is 0 Å². The third-order valence-electron chi connectivity index (χ3n) is 7.57. The predicted octanol–water partition coefficient (Wildman–Crippen LogP) is 5.14. The zero-order valence-corrected chi connectivity index (χ0v) is 19.2. The third kappa shape index (κ3) is 5.15. The summed E-state index contributed by atoms with van der Waals surface area (Å²) in [6.07, 6.45) is 17.8. The number of nitrogens with one attached hydrogen (secondary N) is 3. The van der Waals surface area contributed by atoms with Crippen molar-refractivity contribution in [1.82, 2.24) is 15.5 Å². The molecule has 0 saturated heterocycles. The Hall–Kier alpha value is -3.02. The van der Waals surface area contributed by atoms with E-state index in [1.54, 1.807) is 4.90 Å². The summed E-state index contributed by atoms with van der Waals surface area (Å²) in [5.74, 6) is 1.05. The molecule has 0 radical (unpaired) electrons. The van der Waals surface area contributed by atoms with Gasteiger partial charge < -0.3 is 16.0 Å².